The summed E-state index contributed by atoms with van der Waals surface area (Å²) < 4.78 is 3.67. The quantitative estimate of drug-likeness (QED) is 0.415. The van der Waals surface area contributed by atoms with E-state index in [0.29, 0.717) is 26.5 Å². The van der Waals surface area contributed by atoms with E-state index >= 15 is 0 Å². The van der Waals surface area contributed by atoms with Gasteiger partial charge in [0, 0.05) is 7.05 Å². The number of thiocarbonyl (C=S) groups is 1. The van der Waals surface area contributed by atoms with Crippen LogP contribution in [0.2, 0.25) is 0 Å². The van der Waals surface area contributed by atoms with Gasteiger partial charge in [0.05, 0.1) is 16.3 Å². The minimum atomic E-state index is -0.273. The Hall–Kier alpha value is -2.90. The molecule has 0 atom stereocenters. The highest BCUT2D eigenvalue weighted by atomic mass is 32.2. The summed E-state index contributed by atoms with van der Waals surface area (Å²) >= 11 is 6.73. The Balaban J connectivity index is 1.73. The van der Waals surface area contributed by atoms with E-state index in [0.717, 1.165) is 11.3 Å². The summed E-state index contributed by atoms with van der Waals surface area (Å²) in [6.45, 7) is 6.11. The molecule has 1 aliphatic rings. The Morgan fingerprint density at radius 2 is 1.65 bits per heavy atom. The monoisotopic (exact) mass is 449 g/mol. The second-order valence-corrected chi connectivity index (χ2v) is 9.42. The number of nitrogens with zero attached hydrogens (tertiary/aromatic N) is 3. The average molecular weight is 450 g/mol. The van der Waals surface area contributed by atoms with Gasteiger partial charge in [-0.3, -0.25) is 19.2 Å². The number of thioether (sulfide) groups is 1. The molecule has 31 heavy (non-hydrogen) atoms. The summed E-state index contributed by atoms with van der Waals surface area (Å²) in [5.74, 6) is 0.175. The molecule has 1 saturated heterocycles. The van der Waals surface area contributed by atoms with Crippen molar-refractivity contribution in [3.05, 3.63) is 86.7 Å². The molecule has 4 rings (SSSR count). The number of hydrogen-bond donors (Lipinski definition) is 0. The van der Waals surface area contributed by atoms with Gasteiger partial charge in [-0.2, -0.15) is 0 Å². The molecule has 158 valence electrons. The van der Waals surface area contributed by atoms with Crippen LogP contribution in [-0.4, -0.2) is 19.6 Å². The van der Waals surface area contributed by atoms with E-state index in [1.165, 1.54) is 22.2 Å². The number of hydrogen-bond acceptors (Lipinski definition) is 4. The van der Waals surface area contributed by atoms with Gasteiger partial charge in [0.2, 0.25) is 0 Å². The molecule has 2 aromatic carbocycles. The Kier molecular flexibility index (Phi) is 5.73. The zero-order chi connectivity index (χ0) is 22.3. The maximum Gasteiger partial charge on any atom is 0.296 e. The van der Waals surface area contributed by atoms with Crippen molar-refractivity contribution in [1.82, 2.24) is 9.36 Å². The third kappa shape index (κ3) is 3.79. The van der Waals surface area contributed by atoms with Gasteiger partial charge < -0.3 is 0 Å². The van der Waals surface area contributed by atoms with Crippen molar-refractivity contribution < 1.29 is 4.79 Å². The number of carbonyl (C=O) groups is 1. The van der Waals surface area contributed by atoms with E-state index in [-0.39, 0.29) is 11.5 Å². The summed E-state index contributed by atoms with van der Waals surface area (Å²) in [6, 6.07) is 17.5. The van der Waals surface area contributed by atoms with Crippen molar-refractivity contribution in [1.29, 1.82) is 0 Å². The second-order valence-electron chi connectivity index (χ2n) is 7.75. The zero-order valence-corrected chi connectivity index (χ0v) is 19.5. The van der Waals surface area contributed by atoms with E-state index in [4.69, 9.17) is 12.2 Å². The van der Waals surface area contributed by atoms with Crippen LogP contribution in [0, 0.1) is 6.92 Å². The molecule has 0 unspecified atom stereocenters. The molecule has 1 aliphatic heterocycles. The molecule has 1 fully saturated rings. The number of aromatic nitrogens is 2. The summed E-state index contributed by atoms with van der Waals surface area (Å²) in [5, 5.41) is 0. The maximum absolute atomic E-state index is 13.3. The van der Waals surface area contributed by atoms with E-state index in [2.05, 4.69) is 26.0 Å². The third-order valence-corrected chi connectivity index (χ3v) is 6.74. The number of anilines is 1. The van der Waals surface area contributed by atoms with Gasteiger partial charge in [0.1, 0.15) is 5.69 Å². The molecule has 3 aromatic rings. The van der Waals surface area contributed by atoms with Gasteiger partial charge >= 0.3 is 0 Å². The zero-order valence-electron chi connectivity index (χ0n) is 17.8. The molecule has 1 amide bonds. The van der Waals surface area contributed by atoms with Gasteiger partial charge in [0.25, 0.3) is 11.5 Å². The first-order chi connectivity index (χ1) is 14.8. The number of amides is 1. The number of rotatable bonds is 4. The lowest BCUT2D eigenvalue weighted by atomic mass is 10.0. The van der Waals surface area contributed by atoms with Gasteiger partial charge in [-0.05, 0) is 42.2 Å². The van der Waals surface area contributed by atoms with Crippen LogP contribution in [0.1, 0.15) is 36.6 Å². The average Bonchev–Trinajstić information content (AvgIpc) is 3.14. The summed E-state index contributed by atoms with van der Waals surface area (Å²) in [7, 11) is 1.80. The highest BCUT2D eigenvalue weighted by Gasteiger charge is 2.37. The molecule has 0 spiro atoms. The van der Waals surface area contributed by atoms with Crippen LogP contribution in [0.15, 0.2) is 64.3 Å². The van der Waals surface area contributed by atoms with Gasteiger partial charge in [0.15, 0.2) is 4.32 Å². The van der Waals surface area contributed by atoms with Crippen molar-refractivity contribution in [2.24, 2.45) is 7.05 Å². The standard InChI is InChI=1S/C24H23N3O2S2/c1-15(2)18-12-10-17(11-13-18)14-20-22(28)26(24(30)31-20)21-16(3)25(4)27(23(21)29)19-8-6-5-7-9-19/h5-15H,1-4H3/b20-14-. The molecule has 7 heteroatoms. The first kappa shape index (κ1) is 21.3. The van der Waals surface area contributed by atoms with E-state index < -0.39 is 0 Å². The van der Waals surface area contributed by atoms with Gasteiger partial charge in [-0.1, -0.05) is 80.3 Å². The Morgan fingerprint density at radius 3 is 2.26 bits per heavy atom. The lowest BCUT2D eigenvalue weighted by Gasteiger charge is -2.12. The molecular formula is C24H23N3O2S2. The normalized spacial score (nSPS) is 15.5. The number of para-hydroxylation sites is 1. The van der Waals surface area contributed by atoms with Crippen LogP contribution in [0.4, 0.5) is 5.69 Å². The van der Waals surface area contributed by atoms with Gasteiger partial charge in [-0.15, -0.1) is 0 Å². The number of benzene rings is 2. The van der Waals surface area contributed by atoms with Crippen molar-refractivity contribution in [3.8, 4) is 5.69 Å². The molecule has 1 aromatic heterocycles. The Morgan fingerprint density at radius 1 is 1.00 bits per heavy atom. The minimum absolute atomic E-state index is 0.269. The first-order valence-corrected chi connectivity index (χ1v) is 11.2. The summed E-state index contributed by atoms with van der Waals surface area (Å²) in [5.41, 5.74) is 3.60. The van der Waals surface area contributed by atoms with Crippen LogP contribution < -0.4 is 10.5 Å². The molecule has 0 aliphatic carbocycles. The second kappa shape index (κ2) is 8.32. The number of carbonyl (C=O) groups excluding carboxylic acids is 1. The van der Waals surface area contributed by atoms with E-state index in [9.17, 15) is 9.59 Å². The Bertz CT molecular complexity index is 1250. The fourth-order valence-corrected chi connectivity index (χ4v) is 4.87. The lowest BCUT2D eigenvalue weighted by molar-refractivity contribution is -0.113. The molecule has 0 radical (unpaired) electrons. The molecule has 2 heterocycles. The van der Waals surface area contributed by atoms with Crippen LogP contribution in [-0.2, 0) is 11.8 Å². The SMILES string of the molecule is Cc1c(N2C(=O)/C(=C/c3ccc(C(C)C)cc3)SC2=S)c(=O)n(-c2ccccc2)n1C. The van der Waals surface area contributed by atoms with E-state index in [1.54, 1.807) is 16.4 Å². The van der Waals surface area contributed by atoms with Crippen molar-refractivity contribution >= 4 is 46.0 Å². The van der Waals surface area contributed by atoms with Crippen molar-refractivity contribution in [3.63, 3.8) is 0 Å². The van der Waals surface area contributed by atoms with Crippen molar-refractivity contribution in [2.45, 2.75) is 26.7 Å². The highest BCUT2D eigenvalue weighted by Crippen LogP contribution is 2.36. The fraction of sp³-hybridized carbons (Fsp3) is 0.208. The predicted molar refractivity (Wildman–Crippen MR) is 132 cm³/mol. The first-order valence-electron chi connectivity index (χ1n) is 10.0. The summed E-state index contributed by atoms with van der Waals surface area (Å²) in [4.78, 5) is 28.4. The molecule has 0 saturated carbocycles. The molecule has 0 bridgehead atoms. The smallest absolute Gasteiger partial charge is 0.283 e. The third-order valence-electron chi connectivity index (χ3n) is 5.44. The minimum Gasteiger partial charge on any atom is -0.283 e. The van der Waals surface area contributed by atoms with Gasteiger partial charge in [-0.25, -0.2) is 4.68 Å². The predicted octanol–water partition coefficient (Wildman–Crippen LogP) is 5.01. The summed E-state index contributed by atoms with van der Waals surface area (Å²) in [6.07, 6.45) is 1.83. The van der Waals surface area contributed by atoms with Crippen LogP contribution in [0.5, 0.6) is 0 Å². The van der Waals surface area contributed by atoms with Crippen molar-refractivity contribution in [2.75, 3.05) is 4.90 Å². The molecular weight excluding hydrogens is 426 g/mol. The molecule has 0 N–H and O–H groups in total. The molecule has 5 nitrogen and oxygen atoms in total. The van der Waals surface area contributed by atoms with Crippen LogP contribution >= 0.6 is 24.0 Å². The Labute approximate surface area is 191 Å². The fourth-order valence-electron chi connectivity index (χ4n) is 3.60. The van der Waals surface area contributed by atoms with Crippen LogP contribution in [0.3, 0.4) is 0 Å². The van der Waals surface area contributed by atoms with Crippen LogP contribution in [0.25, 0.3) is 11.8 Å². The largest absolute Gasteiger partial charge is 0.296 e. The van der Waals surface area contributed by atoms with E-state index in [1.807, 2.05) is 55.5 Å². The highest BCUT2D eigenvalue weighted by molar-refractivity contribution is 8.27. The maximum atomic E-state index is 13.3. The lowest BCUT2D eigenvalue weighted by Crippen LogP contribution is -2.33. The topological polar surface area (TPSA) is 47.2 Å².